The minimum atomic E-state index is -0.713. The number of carboxylic acid groups (broad SMARTS) is 1. The minimum absolute atomic E-state index is 0.00353. The lowest BCUT2D eigenvalue weighted by Crippen LogP contribution is -2.18. The first-order valence-corrected chi connectivity index (χ1v) is 17.3. The van der Waals surface area contributed by atoms with E-state index in [9.17, 15) is 9.59 Å². The van der Waals surface area contributed by atoms with Gasteiger partial charge in [-0.15, -0.1) is 0 Å². The van der Waals surface area contributed by atoms with Crippen LogP contribution in [0, 0.1) is 0 Å². The van der Waals surface area contributed by atoms with Crippen LogP contribution in [0.2, 0.25) is 0 Å². The molecule has 1 N–H and O–H groups in total. The SMILES string of the molecule is CC/C=C\C/C=C\C/C=C\C/C=C\C/C=C\CC(=O)OC(CCCCCCCCCCC)CCCCCCCC(=O)O. The Labute approximate surface area is 259 Å². The number of hydrogen-bond donors (Lipinski definition) is 1. The van der Waals surface area contributed by atoms with Gasteiger partial charge in [0.05, 0.1) is 6.42 Å². The highest BCUT2D eigenvalue weighted by Crippen LogP contribution is 2.18. The van der Waals surface area contributed by atoms with E-state index in [1.807, 2.05) is 12.2 Å². The molecule has 0 saturated carbocycles. The van der Waals surface area contributed by atoms with E-state index in [0.29, 0.717) is 6.42 Å². The van der Waals surface area contributed by atoms with E-state index in [2.05, 4.69) is 62.5 Å². The fourth-order valence-corrected chi connectivity index (χ4v) is 4.79. The highest BCUT2D eigenvalue weighted by Gasteiger charge is 2.13. The van der Waals surface area contributed by atoms with E-state index in [1.165, 1.54) is 51.4 Å². The summed E-state index contributed by atoms with van der Waals surface area (Å²) in [6.07, 6.45) is 45.2. The molecule has 0 saturated heterocycles. The molecule has 0 bridgehead atoms. The number of hydrogen-bond acceptors (Lipinski definition) is 3. The summed E-state index contributed by atoms with van der Waals surface area (Å²) in [5.41, 5.74) is 0. The number of carboxylic acids is 1. The molecule has 0 aromatic carbocycles. The Morgan fingerprint density at radius 1 is 0.548 bits per heavy atom. The van der Waals surface area contributed by atoms with Crippen LogP contribution in [0.4, 0.5) is 0 Å². The lowest BCUT2D eigenvalue weighted by atomic mass is 10.0. The topological polar surface area (TPSA) is 63.6 Å². The van der Waals surface area contributed by atoms with Gasteiger partial charge in [-0.3, -0.25) is 9.59 Å². The normalized spacial score (nSPS) is 13.0. The predicted octanol–water partition coefficient (Wildman–Crippen LogP) is 11.8. The van der Waals surface area contributed by atoms with Gasteiger partial charge in [-0.05, 0) is 64.2 Å². The summed E-state index contributed by atoms with van der Waals surface area (Å²) in [4.78, 5) is 23.2. The van der Waals surface area contributed by atoms with Gasteiger partial charge in [0.1, 0.15) is 6.10 Å². The molecule has 0 aliphatic rings. The molecule has 1 unspecified atom stereocenters. The molecule has 1 atom stereocenters. The van der Waals surface area contributed by atoms with Crippen LogP contribution < -0.4 is 0 Å². The van der Waals surface area contributed by atoms with Crippen molar-refractivity contribution in [3.63, 3.8) is 0 Å². The number of carbonyl (C=O) groups is 2. The Morgan fingerprint density at radius 3 is 1.40 bits per heavy atom. The standard InChI is InChI=1S/C38H64O4/c1-3-5-7-9-11-13-14-15-16-17-18-20-22-27-31-35-38(41)42-36(33-29-25-23-26-30-34-37(39)40)32-28-24-21-19-12-10-8-6-4-2/h5,7,11,13,15-16,18,20,27,31,36H,3-4,6,8-10,12,14,17,19,21-26,28-30,32-35H2,1-2H3,(H,39,40)/b7-5-,13-11-,16-15-,20-18-,31-27-. The summed E-state index contributed by atoms with van der Waals surface area (Å²) in [5, 5.41) is 8.78. The molecule has 0 amide bonds. The zero-order valence-corrected chi connectivity index (χ0v) is 27.3. The molecule has 4 heteroatoms. The quantitative estimate of drug-likeness (QED) is 0.0518. The number of aliphatic carboxylic acids is 1. The summed E-state index contributed by atoms with van der Waals surface area (Å²) in [6, 6.07) is 0. The first kappa shape index (κ1) is 39.6. The first-order valence-electron chi connectivity index (χ1n) is 17.3. The van der Waals surface area contributed by atoms with Crippen molar-refractivity contribution in [2.45, 2.75) is 168 Å². The van der Waals surface area contributed by atoms with Crippen LogP contribution in [-0.2, 0) is 14.3 Å². The maximum absolute atomic E-state index is 12.5. The van der Waals surface area contributed by atoms with Gasteiger partial charge in [0, 0.05) is 6.42 Å². The average Bonchev–Trinajstić information content (AvgIpc) is 2.97. The van der Waals surface area contributed by atoms with Crippen molar-refractivity contribution in [3.8, 4) is 0 Å². The zero-order valence-electron chi connectivity index (χ0n) is 27.3. The Balaban J connectivity index is 4.23. The molecule has 4 nitrogen and oxygen atoms in total. The van der Waals surface area contributed by atoms with E-state index in [1.54, 1.807) is 0 Å². The maximum atomic E-state index is 12.5. The summed E-state index contributed by atoms with van der Waals surface area (Å²) >= 11 is 0. The largest absolute Gasteiger partial charge is 0.481 e. The minimum Gasteiger partial charge on any atom is -0.481 e. The molecule has 240 valence electrons. The molecule has 0 radical (unpaired) electrons. The second-order valence-corrected chi connectivity index (χ2v) is 11.3. The van der Waals surface area contributed by atoms with E-state index in [-0.39, 0.29) is 18.5 Å². The van der Waals surface area contributed by atoms with Crippen LogP contribution in [0.1, 0.15) is 162 Å². The third-order valence-electron chi connectivity index (χ3n) is 7.29. The third kappa shape index (κ3) is 32.2. The fourth-order valence-electron chi connectivity index (χ4n) is 4.79. The second-order valence-electron chi connectivity index (χ2n) is 11.3. The van der Waals surface area contributed by atoms with Crippen molar-refractivity contribution in [1.82, 2.24) is 0 Å². The summed E-state index contributed by atoms with van der Waals surface area (Å²) in [5.74, 6) is -0.839. The van der Waals surface area contributed by atoms with Crippen molar-refractivity contribution in [3.05, 3.63) is 60.8 Å². The molecule has 0 heterocycles. The van der Waals surface area contributed by atoms with Gasteiger partial charge >= 0.3 is 11.9 Å². The van der Waals surface area contributed by atoms with Gasteiger partial charge in [-0.25, -0.2) is 0 Å². The van der Waals surface area contributed by atoms with Gasteiger partial charge < -0.3 is 9.84 Å². The van der Waals surface area contributed by atoms with E-state index in [4.69, 9.17) is 9.84 Å². The van der Waals surface area contributed by atoms with Crippen LogP contribution in [0.25, 0.3) is 0 Å². The number of unbranched alkanes of at least 4 members (excludes halogenated alkanes) is 12. The maximum Gasteiger partial charge on any atom is 0.309 e. The van der Waals surface area contributed by atoms with Crippen molar-refractivity contribution >= 4 is 11.9 Å². The Kier molecular flexibility index (Phi) is 31.3. The lowest BCUT2D eigenvalue weighted by molar-refractivity contribution is -0.148. The van der Waals surface area contributed by atoms with Crippen molar-refractivity contribution < 1.29 is 19.4 Å². The molecule has 0 aliphatic heterocycles. The van der Waals surface area contributed by atoms with Crippen LogP contribution in [0.15, 0.2) is 60.8 Å². The fraction of sp³-hybridized carbons (Fsp3) is 0.684. The molecular formula is C38H64O4. The van der Waals surface area contributed by atoms with Gasteiger partial charge in [0.2, 0.25) is 0 Å². The Morgan fingerprint density at radius 2 is 0.952 bits per heavy atom. The van der Waals surface area contributed by atoms with Gasteiger partial charge in [0.15, 0.2) is 0 Å². The van der Waals surface area contributed by atoms with Crippen molar-refractivity contribution in [2.24, 2.45) is 0 Å². The summed E-state index contributed by atoms with van der Waals surface area (Å²) in [6.45, 7) is 4.41. The molecule has 0 fully saturated rings. The highest BCUT2D eigenvalue weighted by atomic mass is 16.5. The Hall–Kier alpha value is -2.36. The molecule has 42 heavy (non-hydrogen) atoms. The molecule has 0 rings (SSSR count). The summed E-state index contributed by atoms with van der Waals surface area (Å²) in [7, 11) is 0. The van der Waals surface area contributed by atoms with Gasteiger partial charge in [0.25, 0.3) is 0 Å². The number of esters is 1. The van der Waals surface area contributed by atoms with Crippen molar-refractivity contribution in [2.75, 3.05) is 0 Å². The predicted molar refractivity (Wildman–Crippen MR) is 181 cm³/mol. The van der Waals surface area contributed by atoms with E-state index in [0.717, 1.165) is 83.5 Å². The monoisotopic (exact) mass is 584 g/mol. The van der Waals surface area contributed by atoms with Crippen molar-refractivity contribution in [1.29, 1.82) is 0 Å². The van der Waals surface area contributed by atoms with E-state index < -0.39 is 5.97 Å². The molecule has 0 aromatic heterocycles. The smallest absolute Gasteiger partial charge is 0.309 e. The molecule has 0 aromatic rings. The molecule has 0 aliphatic carbocycles. The highest BCUT2D eigenvalue weighted by molar-refractivity contribution is 5.71. The van der Waals surface area contributed by atoms with Crippen LogP contribution in [-0.4, -0.2) is 23.1 Å². The number of allylic oxidation sites excluding steroid dienone is 9. The molecule has 0 spiro atoms. The van der Waals surface area contributed by atoms with Crippen LogP contribution in [0.3, 0.4) is 0 Å². The Bertz CT molecular complexity index is 759. The third-order valence-corrected chi connectivity index (χ3v) is 7.29. The number of rotatable bonds is 30. The van der Waals surface area contributed by atoms with Gasteiger partial charge in [-0.2, -0.15) is 0 Å². The number of carbonyl (C=O) groups excluding carboxylic acids is 1. The van der Waals surface area contributed by atoms with E-state index >= 15 is 0 Å². The first-order chi connectivity index (χ1) is 20.6. The zero-order chi connectivity index (χ0) is 30.8. The van der Waals surface area contributed by atoms with Gasteiger partial charge in [-0.1, -0.05) is 145 Å². The van der Waals surface area contributed by atoms with Crippen LogP contribution in [0.5, 0.6) is 0 Å². The lowest BCUT2D eigenvalue weighted by Gasteiger charge is -2.18. The second kappa shape index (κ2) is 33.1. The average molecular weight is 585 g/mol. The number of ether oxygens (including phenoxy) is 1. The van der Waals surface area contributed by atoms with Crippen LogP contribution >= 0.6 is 0 Å². The molecular weight excluding hydrogens is 520 g/mol. The summed E-state index contributed by atoms with van der Waals surface area (Å²) < 4.78 is 5.90.